The van der Waals surface area contributed by atoms with Crippen molar-refractivity contribution in [2.24, 2.45) is 0 Å². The third-order valence-corrected chi connectivity index (χ3v) is 2.53. The Hall–Kier alpha value is -2.37. The van der Waals surface area contributed by atoms with Gasteiger partial charge in [0.25, 0.3) is 5.91 Å². The highest BCUT2D eigenvalue weighted by Gasteiger charge is 2.06. The molecule has 0 aliphatic heterocycles. The standard InChI is InChI=1S/C13H16N4O2/c18-13(11-6-10-19-17-11)16-9-4-3-8-15-12-5-1-2-7-14-12/h1-2,5-7,10H,3-4,8-9H2,(H,14,15)(H,16,18). The SMILES string of the molecule is O=C(NCCCCNc1ccccn1)c1ccon1. The van der Waals surface area contributed by atoms with Crippen LogP contribution in [0.4, 0.5) is 5.82 Å². The number of hydrogen-bond acceptors (Lipinski definition) is 5. The minimum atomic E-state index is -0.202. The average molecular weight is 260 g/mol. The lowest BCUT2D eigenvalue weighted by Gasteiger charge is -2.05. The molecule has 6 heteroatoms. The average Bonchev–Trinajstić information content (AvgIpc) is 2.98. The zero-order chi connectivity index (χ0) is 13.3. The topological polar surface area (TPSA) is 80.0 Å². The Bertz CT molecular complexity index is 485. The van der Waals surface area contributed by atoms with Gasteiger partial charge in [0.15, 0.2) is 5.69 Å². The Morgan fingerprint density at radius 2 is 2.11 bits per heavy atom. The summed E-state index contributed by atoms with van der Waals surface area (Å²) in [5.41, 5.74) is 0.312. The molecule has 2 heterocycles. The molecule has 0 bridgehead atoms. The van der Waals surface area contributed by atoms with Crippen molar-refractivity contribution in [3.8, 4) is 0 Å². The van der Waals surface area contributed by atoms with Gasteiger partial charge in [0, 0.05) is 25.4 Å². The molecule has 0 spiro atoms. The Morgan fingerprint density at radius 3 is 2.84 bits per heavy atom. The zero-order valence-electron chi connectivity index (χ0n) is 10.5. The van der Waals surface area contributed by atoms with Crippen LogP contribution >= 0.6 is 0 Å². The van der Waals surface area contributed by atoms with Gasteiger partial charge < -0.3 is 15.2 Å². The minimum Gasteiger partial charge on any atom is -0.370 e. The molecule has 2 N–H and O–H groups in total. The highest BCUT2D eigenvalue weighted by atomic mass is 16.5. The number of nitrogens with one attached hydrogen (secondary N) is 2. The molecule has 2 rings (SSSR count). The van der Waals surface area contributed by atoms with Crippen LogP contribution in [0.2, 0.25) is 0 Å². The highest BCUT2D eigenvalue weighted by Crippen LogP contribution is 2.00. The van der Waals surface area contributed by atoms with Gasteiger partial charge in [-0.05, 0) is 25.0 Å². The third kappa shape index (κ3) is 4.42. The van der Waals surface area contributed by atoms with Crippen molar-refractivity contribution >= 4 is 11.7 Å². The van der Waals surface area contributed by atoms with E-state index < -0.39 is 0 Å². The fourth-order valence-electron chi connectivity index (χ4n) is 1.56. The second-order valence-corrected chi connectivity index (χ2v) is 3.99. The van der Waals surface area contributed by atoms with Gasteiger partial charge in [-0.15, -0.1) is 0 Å². The number of carbonyl (C=O) groups excluding carboxylic acids is 1. The molecule has 2 aromatic rings. The smallest absolute Gasteiger partial charge is 0.273 e. The molecule has 0 atom stereocenters. The molecule has 0 aliphatic rings. The molecule has 0 aliphatic carbocycles. The van der Waals surface area contributed by atoms with Crippen LogP contribution in [0.3, 0.4) is 0 Å². The third-order valence-electron chi connectivity index (χ3n) is 2.53. The van der Waals surface area contributed by atoms with Crippen LogP contribution in [0.1, 0.15) is 23.3 Å². The van der Waals surface area contributed by atoms with Crippen molar-refractivity contribution in [2.75, 3.05) is 18.4 Å². The fourth-order valence-corrected chi connectivity index (χ4v) is 1.56. The van der Waals surface area contributed by atoms with E-state index in [1.165, 1.54) is 12.3 Å². The van der Waals surface area contributed by atoms with Crippen molar-refractivity contribution in [3.63, 3.8) is 0 Å². The van der Waals surface area contributed by atoms with Gasteiger partial charge in [-0.3, -0.25) is 4.79 Å². The Morgan fingerprint density at radius 1 is 1.21 bits per heavy atom. The molecule has 19 heavy (non-hydrogen) atoms. The van der Waals surface area contributed by atoms with E-state index in [0.717, 1.165) is 25.2 Å². The first kappa shape index (κ1) is 13.1. The maximum atomic E-state index is 11.5. The van der Waals surface area contributed by atoms with Crippen molar-refractivity contribution < 1.29 is 9.32 Å². The van der Waals surface area contributed by atoms with Gasteiger partial charge in [-0.25, -0.2) is 4.98 Å². The largest absolute Gasteiger partial charge is 0.370 e. The lowest BCUT2D eigenvalue weighted by atomic mass is 10.3. The molecule has 0 unspecified atom stereocenters. The molecule has 0 radical (unpaired) electrons. The quantitative estimate of drug-likeness (QED) is 0.740. The number of rotatable bonds is 7. The maximum Gasteiger partial charge on any atom is 0.273 e. The van der Waals surface area contributed by atoms with Crippen LogP contribution in [-0.2, 0) is 0 Å². The van der Waals surface area contributed by atoms with Crippen LogP contribution in [0, 0.1) is 0 Å². The second kappa shape index (κ2) is 7.15. The molecular weight excluding hydrogens is 244 g/mol. The van der Waals surface area contributed by atoms with E-state index in [1.807, 2.05) is 18.2 Å². The predicted molar refractivity (Wildman–Crippen MR) is 70.8 cm³/mol. The number of pyridine rings is 1. The van der Waals surface area contributed by atoms with E-state index in [0.29, 0.717) is 12.2 Å². The highest BCUT2D eigenvalue weighted by molar-refractivity contribution is 5.91. The number of carbonyl (C=O) groups is 1. The number of nitrogens with zero attached hydrogens (tertiary/aromatic N) is 2. The molecule has 2 aromatic heterocycles. The van der Waals surface area contributed by atoms with Gasteiger partial charge >= 0.3 is 0 Å². The van der Waals surface area contributed by atoms with Gasteiger partial charge in [0.1, 0.15) is 12.1 Å². The van der Waals surface area contributed by atoms with Gasteiger partial charge in [-0.2, -0.15) is 0 Å². The van der Waals surface area contributed by atoms with Crippen molar-refractivity contribution in [1.29, 1.82) is 0 Å². The van der Waals surface area contributed by atoms with Crippen LogP contribution in [-0.4, -0.2) is 29.1 Å². The van der Waals surface area contributed by atoms with E-state index in [9.17, 15) is 4.79 Å². The predicted octanol–water partition coefficient (Wildman–Crippen LogP) is 1.69. The van der Waals surface area contributed by atoms with Gasteiger partial charge in [0.2, 0.25) is 0 Å². The minimum absolute atomic E-state index is 0.202. The first-order valence-electron chi connectivity index (χ1n) is 6.20. The summed E-state index contributed by atoms with van der Waals surface area (Å²) in [6, 6.07) is 7.28. The molecule has 0 aromatic carbocycles. The van der Waals surface area contributed by atoms with Crippen LogP contribution in [0.5, 0.6) is 0 Å². The second-order valence-electron chi connectivity index (χ2n) is 3.99. The Kier molecular flexibility index (Phi) is 4.92. The fraction of sp³-hybridized carbons (Fsp3) is 0.308. The van der Waals surface area contributed by atoms with Crippen molar-refractivity contribution in [3.05, 3.63) is 42.4 Å². The first-order valence-corrected chi connectivity index (χ1v) is 6.20. The maximum absolute atomic E-state index is 11.5. The van der Waals surface area contributed by atoms with E-state index in [2.05, 4.69) is 25.3 Å². The lowest BCUT2D eigenvalue weighted by molar-refractivity contribution is 0.0944. The van der Waals surface area contributed by atoms with Crippen LogP contribution in [0.25, 0.3) is 0 Å². The number of hydrogen-bond donors (Lipinski definition) is 2. The summed E-state index contributed by atoms with van der Waals surface area (Å²) in [7, 11) is 0. The number of amides is 1. The molecule has 0 saturated heterocycles. The molecular formula is C13H16N4O2. The Balaban J connectivity index is 1.54. The summed E-state index contributed by atoms with van der Waals surface area (Å²) >= 11 is 0. The molecule has 100 valence electrons. The summed E-state index contributed by atoms with van der Waals surface area (Å²) in [6.45, 7) is 1.45. The number of aromatic nitrogens is 2. The monoisotopic (exact) mass is 260 g/mol. The molecule has 0 saturated carbocycles. The normalized spacial score (nSPS) is 10.1. The van der Waals surface area contributed by atoms with E-state index in [1.54, 1.807) is 6.20 Å². The Labute approximate surface area is 111 Å². The summed E-state index contributed by atoms with van der Waals surface area (Å²) < 4.78 is 4.60. The molecule has 1 amide bonds. The molecule has 6 nitrogen and oxygen atoms in total. The first-order chi connectivity index (χ1) is 9.36. The summed E-state index contributed by atoms with van der Waals surface area (Å²) in [6.07, 6.45) is 4.98. The summed E-state index contributed by atoms with van der Waals surface area (Å²) in [5, 5.41) is 9.55. The van der Waals surface area contributed by atoms with Gasteiger partial charge in [-0.1, -0.05) is 11.2 Å². The lowest BCUT2D eigenvalue weighted by Crippen LogP contribution is -2.25. The van der Waals surface area contributed by atoms with Crippen molar-refractivity contribution in [2.45, 2.75) is 12.8 Å². The van der Waals surface area contributed by atoms with E-state index in [4.69, 9.17) is 0 Å². The number of unbranched alkanes of at least 4 members (excludes halogenated alkanes) is 1. The van der Waals surface area contributed by atoms with E-state index in [-0.39, 0.29) is 5.91 Å². The molecule has 0 fully saturated rings. The zero-order valence-corrected chi connectivity index (χ0v) is 10.5. The van der Waals surface area contributed by atoms with E-state index >= 15 is 0 Å². The number of anilines is 1. The van der Waals surface area contributed by atoms with Crippen molar-refractivity contribution in [1.82, 2.24) is 15.5 Å². The van der Waals surface area contributed by atoms with Crippen LogP contribution in [0.15, 0.2) is 41.2 Å². The summed E-state index contributed by atoms with van der Waals surface area (Å²) in [4.78, 5) is 15.7. The summed E-state index contributed by atoms with van der Waals surface area (Å²) in [5.74, 6) is 0.667. The van der Waals surface area contributed by atoms with Crippen LogP contribution < -0.4 is 10.6 Å². The van der Waals surface area contributed by atoms with Gasteiger partial charge in [0.05, 0.1) is 0 Å².